The molecule has 4 heteroatoms. The SMILES string of the molecule is CCOc1ccc(OC(C)C(=O)c2ccc(Cl)cc2)cc1. The maximum atomic E-state index is 12.2. The van der Waals surface area contributed by atoms with Crippen molar-refractivity contribution in [3.8, 4) is 11.5 Å². The van der Waals surface area contributed by atoms with Crippen molar-refractivity contribution in [3.63, 3.8) is 0 Å². The summed E-state index contributed by atoms with van der Waals surface area (Å²) in [6, 6.07) is 14.0. The number of hydrogen-bond acceptors (Lipinski definition) is 3. The van der Waals surface area contributed by atoms with E-state index in [4.69, 9.17) is 21.1 Å². The summed E-state index contributed by atoms with van der Waals surface area (Å²) in [6.45, 7) is 4.27. The van der Waals surface area contributed by atoms with Gasteiger partial charge in [-0.25, -0.2) is 0 Å². The number of benzene rings is 2. The van der Waals surface area contributed by atoms with Crippen molar-refractivity contribution in [2.75, 3.05) is 6.61 Å². The molecule has 0 saturated carbocycles. The largest absolute Gasteiger partial charge is 0.494 e. The van der Waals surface area contributed by atoms with Gasteiger partial charge in [-0.05, 0) is 62.4 Å². The van der Waals surface area contributed by atoms with Gasteiger partial charge in [-0.2, -0.15) is 0 Å². The summed E-state index contributed by atoms with van der Waals surface area (Å²) in [5.41, 5.74) is 0.581. The van der Waals surface area contributed by atoms with Crippen molar-refractivity contribution in [2.24, 2.45) is 0 Å². The van der Waals surface area contributed by atoms with Crippen molar-refractivity contribution in [1.82, 2.24) is 0 Å². The molecule has 0 aliphatic carbocycles. The summed E-state index contributed by atoms with van der Waals surface area (Å²) < 4.78 is 11.0. The van der Waals surface area contributed by atoms with Crippen molar-refractivity contribution in [3.05, 3.63) is 59.1 Å². The average molecular weight is 305 g/mol. The number of carbonyl (C=O) groups is 1. The molecular weight excluding hydrogens is 288 g/mol. The van der Waals surface area contributed by atoms with E-state index < -0.39 is 6.10 Å². The normalized spacial score (nSPS) is 11.8. The lowest BCUT2D eigenvalue weighted by molar-refractivity contribution is 0.0818. The second-order valence-electron chi connectivity index (χ2n) is 4.54. The summed E-state index contributed by atoms with van der Waals surface area (Å²) in [4.78, 5) is 12.2. The molecule has 0 heterocycles. The third kappa shape index (κ3) is 4.23. The van der Waals surface area contributed by atoms with E-state index in [0.717, 1.165) is 5.75 Å². The number of Topliss-reactive ketones (excluding diaryl/α,β-unsaturated/α-hetero) is 1. The molecule has 0 fully saturated rings. The van der Waals surface area contributed by atoms with Crippen molar-refractivity contribution < 1.29 is 14.3 Å². The minimum Gasteiger partial charge on any atom is -0.494 e. The molecule has 1 unspecified atom stereocenters. The van der Waals surface area contributed by atoms with Crippen LogP contribution in [0.2, 0.25) is 5.02 Å². The van der Waals surface area contributed by atoms with E-state index in [1.807, 2.05) is 19.1 Å². The van der Waals surface area contributed by atoms with Crippen LogP contribution in [-0.2, 0) is 0 Å². The lowest BCUT2D eigenvalue weighted by Crippen LogP contribution is -2.23. The molecule has 21 heavy (non-hydrogen) atoms. The molecule has 110 valence electrons. The van der Waals surface area contributed by atoms with Crippen LogP contribution in [0.1, 0.15) is 24.2 Å². The molecule has 1 atom stereocenters. The molecule has 2 aromatic carbocycles. The van der Waals surface area contributed by atoms with E-state index >= 15 is 0 Å². The quantitative estimate of drug-likeness (QED) is 0.743. The molecule has 0 aromatic heterocycles. The first kappa shape index (κ1) is 15.4. The van der Waals surface area contributed by atoms with E-state index in [1.165, 1.54) is 0 Å². The van der Waals surface area contributed by atoms with Crippen LogP contribution in [0.4, 0.5) is 0 Å². The second kappa shape index (κ2) is 7.14. The van der Waals surface area contributed by atoms with Gasteiger partial charge in [0.2, 0.25) is 5.78 Å². The van der Waals surface area contributed by atoms with Crippen LogP contribution >= 0.6 is 11.6 Å². The maximum Gasteiger partial charge on any atom is 0.202 e. The first-order chi connectivity index (χ1) is 10.1. The molecule has 0 radical (unpaired) electrons. The lowest BCUT2D eigenvalue weighted by Gasteiger charge is -2.14. The molecule has 0 bridgehead atoms. The van der Waals surface area contributed by atoms with Gasteiger partial charge in [0, 0.05) is 10.6 Å². The van der Waals surface area contributed by atoms with Gasteiger partial charge in [0.15, 0.2) is 6.10 Å². The van der Waals surface area contributed by atoms with Crippen LogP contribution in [0.25, 0.3) is 0 Å². The number of ketones is 1. The summed E-state index contributed by atoms with van der Waals surface area (Å²) in [6.07, 6.45) is -0.566. The Hall–Kier alpha value is -2.00. The zero-order valence-electron chi connectivity index (χ0n) is 12.0. The van der Waals surface area contributed by atoms with E-state index in [-0.39, 0.29) is 5.78 Å². The van der Waals surface area contributed by atoms with Gasteiger partial charge < -0.3 is 9.47 Å². The fraction of sp³-hybridized carbons (Fsp3) is 0.235. The van der Waals surface area contributed by atoms with Gasteiger partial charge in [0.1, 0.15) is 11.5 Å². The van der Waals surface area contributed by atoms with Crippen molar-refractivity contribution >= 4 is 17.4 Å². The highest BCUT2D eigenvalue weighted by Crippen LogP contribution is 2.20. The maximum absolute atomic E-state index is 12.2. The molecule has 0 saturated heterocycles. The Morgan fingerprint density at radius 3 is 2.19 bits per heavy atom. The predicted molar refractivity (Wildman–Crippen MR) is 83.5 cm³/mol. The Morgan fingerprint density at radius 2 is 1.62 bits per heavy atom. The standard InChI is InChI=1S/C17H17ClO3/c1-3-20-15-8-10-16(11-9-15)21-12(2)17(19)13-4-6-14(18)7-5-13/h4-12H,3H2,1-2H3. The summed E-state index contributed by atoms with van der Waals surface area (Å²) in [7, 11) is 0. The highest BCUT2D eigenvalue weighted by Gasteiger charge is 2.16. The van der Waals surface area contributed by atoms with Crippen LogP contribution < -0.4 is 9.47 Å². The number of ether oxygens (including phenoxy) is 2. The molecule has 0 aliphatic rings. The monoisotopic (exact) mass is 304 g/mol. The number of carbonyl (C=O) groups excluding carboxylic acids is 1. The van der Waals surface area contributed by atoms with E-state index in [2.05, 4.69) is 0 Å². The predicted octanol–water partition coefficient (Wildman–Crippen LogP) is 4.39. The Labute approximate surface area is 129 Å². The van der Waals surface area contributed by atoms with Gasteiger partial charge in [0.05, 0.1) is 6.61 Å². The Kier molecular flexibility index (Phi) is 5.23. The highest BCUT2D eigenvalue weighted by molar-refractivity contribution is 6.30. The van der Waals surface area contributed by atoms with Gasteiger partial charge in [0.25, 0.3) is 0 Å². The van der Waals surface area contributed by atoms with Crippen LogP contribution in [0.3, 0.4) is 0 Å². The smallest absolute Gasteiger partial charge is 0.202 e. The van der Waals surface area contributed by atoms with E-state index in [9.17, 15) is 4.79 Å². The average Bonchev–Trinajstić information content (AvgIpc) is 2.49. The molecule has 3 nitrogen and oxygen atoms in total. The Morgan fingerprint density at radius 1 is 1.05 bits per heavy atom. The third-order valence-electron chi connectivity index (χ3n) is 2.95. The number of halogens is 1. The number of rotatable bonds is 6. The van der Waals surface area contributed by atoms with Crippen molar-refractivity contribution in [2.45, 2.75) is 20.0 Å². The van der Waals surface area contributed by atoms with Gasteiger partial charge in [-0.1, -0.05) is 11.6 Å². The zero-order chi connectivity index (χ0) is 15.2. The number of hydrogen-bond donors (Lipinski definition) is 0. The fourth-order valence-corrected chi connectivity index (χ4v) is 2.01. The van der Waals surface area contributed by atoms with E-state index in [0.29, 0.717) is 22.9 Å². The van der Waals surface area contributed by atoms with Gasteiger partial charge in [-0.15, -0.1) is 0 Å². The molecule has 0 N–H and O–H groups in total. The fourth-order valence-electron chi connectivity index (χ4n) is 1.89. The van der Waals surface area contributed by atoms with Crippen LogP contribution in [0, 0.1) is 0 Å². The first-order valence-electron chi connectivity index (χ1n) is 6.79. The second-order valence-corrected chi connectivity index (χ2v) is 4.97. The third-order valence-corrected chi connectivity index (χ3v) is 3.20. The molecule has 2 aromatic rings. The molecule has 0 spiro atoms. The first-order valence-corrected chi connectivity index (χ1v) is 7.17. The van der Waals surface area contributed by atoms with Crippen LogP contribution in [-0.4, -0.2) is 18.5 Å². The molecular formula is C17H17ClO3. The topological polar surface area (TPSA) is 35.5 Å². The molecule has 2 rings (SSSR count). The van der Waals surface area contributed by atoms with Gasteiger partial charge in [-0.3, -0.25) is 4.79 Å². The Bertz CT molecular complexity index is 590. The van der Waals surface area contributed by atoms with Gasteiger partial charge >= 0.3 is 0 Å². The molecule has 0 aliphatic heterocycles. The summed E-state index contributed by atoms with van der Waals surface area (Å²) >= 11 is 5.81. The summed E-state index contributed by atoms with van der Waals surface area (Å²) in [5, 5.41) is 0.603. The van der Waals surface area contributed by atoms with Crippen LogP contribution in [0.15, 0.2) is 48.5 Å². The van der Waals surface area contributed by atoms with Crippen molar-refractivity contribution in [1.29, 1.82) is 0 Å². The molecule has 0 amide bonds. The lowest BCUT2D eigenvalue weighted by atomic mass is 10.1. The highest BCUT2D eigenvalue weighted by atomic mass is 35.5. The zero-order valence-corrected chi connectivity index (χ0v) is 12.8. The van der Waals surface area contributed by atoms with E-state index in [1.54, 1.807) is 43.3 Å². The summed E-state index contributed by atoms with van der Waals surface area (Å²) in [5.74, 6) is 1.33. The Balaban J connectivity index is 2.01. The van der Waals surface area contributed by atoms with Crippen LogP contribution in [0.5, 0.6) is 11.5 Å². The minimum absolute atomic E-state index is 0.0828. The minimum atomic E-state index is -0.566.